The van der Waals surface area contributed by atoms with E-state index in [2.05, 4.69) is 21.3 Å². The van der Waals surface area contributed by atoms with Gasteiger partial charge in [-0.25, -0.2) is 0 Å². The van der Waals surface area contributed by atoms with E-state index in [1.54, 1.807) is 6.92 Å². The molecule has 2 saturated heterocycles. The Balaban J connectivity index is 1.51. The maximum atomic E-state index is 14.1. The van der Waals surface area contributed by atoms with Crippen LogP contribution >= 0.6 is 0 Å². The van der Waals surface area contributed by atoms with Crippen molar-refractivity contribution >= 4 is 29.4 Å². The minimum atomic E-state index is -1.03. The number of Topliss-reactive ketones (excluding diaryl/α,β-unsaturated/α-hetero) is 1. The second-order valence-corrected chi connectivity index (χ2v) is 15.0. The van der Waals surface area contributed by atoms with Crippen LogP contribution in [-0.4, -0.2) is 104 Å². The van der Waals surface area contributed by atoms with Crippen molar-refractivity contribution < 1.29 is 33.4 Å². The van der Waals surface area contributed by atoms with Crippen molar-refractivity contribution in [3.63, 3.8) is 0 Å². The zero-order valence-corrected chi connectivity index (χ0v) is 31.3. The standard InChI is InChI=1S/C40H57N5O7/c1-27(2)22-32(36(47)40(5)26-52-40)42-39(50)34(24-30-14-10-7-11-15-30)44-38(49)33(23-28(3)4)43-37(48)31(17-16-29-12-8-6-9-13-29)41-35(46)25-45-18-20-51-21-19-45/h6-15,27-28,31-34H,16-26H2,1-5H3,(H,41,46)(H,42,50)(H,43,48)(H,44,49)/t31-,32+,33?,34-,40-/m0/s1. The van der Waals surface area contributed by atoms with Crippen LogP contribution in [0.4, 0.5) is 0 Å². The van der Waals surface area contributed by atoms with Gasteiger partial charge in [0.1, 0.15) is 23.7 Å². The number of epoxide rings is 1. The molecule has 4 N–H and O–H groups in total. The van der Waals surface area contributed by atoms with Crippen molar-refractivity contribution in [2.24, 2.45) is 11.8 Å². The lowest BCUT2D eigenvalue weighted by Crippen LogP contribution is -2.59. The molecule has 0 saturated carbocycles. The smallest absolute Gasteiger partial charge is 0.243 e. The van der Waals surface area contributed by atoms with E-state index in [4.69, 9.17) is 9.47 Å². The highest BCUT2D eigenvalue weighted by atomic mass is 16.6. The second kappa shape index (κ2) is 19.6. The molecule has 4 rings (SSSR count). The molecule has 284 valence electrons. The van der Waals surface area contributed by atoms with Gasteiger partial charge in [-0.1, -0.05) is 88.4 Å². The van der Waals surface area contributed by atoms with Gasteiger partial charge in [-0.3, -0.25) is 28.9 Å². The summed E-state index contributed by atoms with van der Waals surface area (Å²) in [5.41, 5.74) is 0.915. The Morgan fingerprint density at radius 2 is 1.19 bits per heavy atom. The third-order valence-corrected chi connectivity index (χ3v) is 9.38. The summed E-state index contributed by atoms with van der Waals surface area (Å²) in [6, 6.07) is 15.3. The summed E-state index contributed by atoms with van der Waals surface area (Å²) in [7, 11) is 0. The number of nitrogens with one attached hydrogen (secondary N) is 4. The molecule has 12 heteroatoms. The van der Waals surface area contributed by atoms with Gasteiger partial charge < -0.3 is 30.7 Å². The highest BCUT2D eigenvalue weighted by Gasteiger charge is 2.50. The van der Waals surface area contributed by atoms with Gasteiger partial charge in [-0.2, -0.15) is 0 Å². The fraction of sp³-hybridized carbons (Fsp3) is 0.575. The number of morpholine rings is 1. The van der Waals surface area contributed by atoms with Crippen molar-refractivity contribution in [3.8, 4) is 0 Å². The predicted molar refractivity (Wildman–Crippen MR) is 198 cm³/mol. The molecule has 0 radical (unpaired) electrons. The van der Waals surface area contributed by atoms with Gasteiger partial charge in [-0.05, 0) is 55.6 Å². The van der Waals surface area contributed by atoms with Crippen molar-refractivity contribution in [1.82, 2.24) is 26.2 Å². The number of amides is 4. The summed E-state index contributed by atoms with van der Waals surface area (Å²) in [5, 5.41) is 11.7. The molecule has 12 nitrogen and oxygen atoms in total. The van der Waals surface area contributed by atoms with Gasteiger partial charge in [0.2, 0.25) is 23.6 Å². The number of ketones is 1. The third-order valence-electron chi connectivity index (χ3n) is 9.38. The minimum Gasteiger partial charge on any atom is -0.379 e. The molecule has 0 bridgehead atoms. The predicted octanol–water partition coefficient (Wildman–Crippen LogP) is 2.58. The molecular formula is C40H57N5O7. The van der Waals surface area contributed by atoms with E-state index in [1.165, 1.54) is 0 Å². The maximum absolute atomic E-state index is 14.1. The normalized spacial score (nSPS) is 19.6. The summed E-state index contributed by atoms with van der Waals surface area (Å²) in [5.74, 6) is -1.83. The molecule has 5 atom stereocenters. The number of benzene rings is 2. The lowest BCUT2D eigenvalue weighted by Gasteiger charge is -2.29. The van der Waals surface area contributed by atoms with Crippen LogP contribution in [0.15, 0.2) is 60.7 Å². The third kappa shape index (κ3) is 13.1. The molecule has 2 heterocycles. The van der Waals surface area contributed by atoms with E-state index < -0.39 is 47.5 Å². The van der Waals surface area contributed by atoms with Crippen LogP contribution in [0.5, 0.6) is 0 Å². The lowest BCUT2D eigenvalue weighted by atomic mass is 9.93. The number of carbonyl (C=O) groups is 5. The van der Waals surface area contributed by atoms with E-state index in [0.717, 1.165) is 11.1 Å². The lowest BCUT2D eigenvalue weighted by molar-refractivity contribution is -0.135. The van der Waals surface area contributed by atoms with Gasteiger partial charge in [0.15, 0.2) is 5.78 Å². The monoisotopic (exact) mass is 719 g/mol. The Kier molecular flexibility index (Phi) is 15.3. The largest absolute Gasteiger partial charge is 0.379 e. The zero-order valence-electron chi connectivity index (χ0n) is 31.3. The topological polar surface area (TPSA) is 158 Å². The van der Waals surface area contributed by atoms with Crippen molar-refractivity contribution in [1.29, 1.82) is 0 Å². The zero-order chi connectivity index (χ0) is 37.7. The van der Waals surface area contributed by atoms with Crippen molar-refractivity contribution in [3.05, 3.63) is 71.8 Å². The van der Waals surface area contributed by atoms with E-state index in [9.17, 15) is 24.0 Å². The Morgan fingerprint density at radius 3 is 1.77 bits per heavy atom. The van der Waals surface area contributed by atoms with Crippen LogP contribution in [0.3, 0.4) is 0 Å². The first-order chi connectivity index (χ1) is 24.8. The molecule has 0 aliphatic carbocycles. The molecule has 2 aromatic carbocycles. The van der Waals surface area contributed by atoms with Crippen LogP contribution in [-0.2, 0) is 46.3 Å². The average Bonchev–Trinajstić information content (AvgIpc) is 3.87. The number of nitrogens with zero attached hydrogens (tertiary/aromatic N) is 1. The fourth-order valence-electron chi connectivity index (χ4n) is 6.33. The van der Waals surface area contributed by atoms with Crippen LogP contribution in [0.1, 0.15) is 65.0 Å². The number of hydrogen-bond donors (Lipinski definition) is 4. The molecule has 2 aliphatic heterocycles. The Bertz CT molecular complexity index is 1480. The average molecular weight is 720 g/mol. The van der Waals surface area contributed by atoms with Gasteiger partial charge in [0.25, 0.3) is 0 Å². The minimum absolute atomic E-state index is 0.0171. The van der Waals surface area contributed by atoms with E-state index in [-0.39, 0.29) is 36.5 Å². The van der Waals surface area contributed by atoms with E-state index >= 15 is 0 Å². The maximum Gasteiger partial charge on any atom is 0.243 e. The molecule has 52 heavy (non-hydrogen) atoms. The van der Waals surface area contributed by atoms with Gasteiger partial charge in [-0.15, -0.1) is 0 Å². The molecule has 1 unspecified atom stereocenters. The molecule has 2 aromatic rings. The number of aryl methyl sites for hydroxylation is 1. The number of hydrogen-bond acceptors (Lipinski definition) is 8. The highest BCUT2D eigenvalue weighted by Crippen LogP contribution is 2.29. The first-order valence-electron chi connectivity index (χ1n) is 18.6. The Hall–Kier alpha value is -4.13. The Labute approximate surface area is 308 Å². The van der Waals surface area contributed by atoms with Crippen LogP contribution in [0.2, 0.25) is 0 Å². The van der Waals surface area contributed by atoms with Crippen molar-refractivity contribution in [2.45, 2.75) is 96.5 Å². The van der Waals surface area contributed by atoms with Gasteiger partial charge in [0, 0.05) is 19.5 Å². The fourth-order valence-corrected chi connectivity index (χ4v) is 6.33. The van der Waals surface area contributed by atoms with Gasteiger partial charge >= 0.3 is 0 Å². The molecule has 0 aromatic heterocycles. The summed E-state index contributed by atoms with van der Waals surface area (Å²) in [6.07, 6.45) is 1.76. The Morgan fingerprint density at radius 1 is 0.692 bits per heavy atom. The van der Waals surface area contributed by atoms with E-state index in [1.807, 2.05) is 93.3 Å². The molecule has 4 amide bonds. The SMILES string of the molecule is CC(C)CC(NC(=O)[C@H](CCc1ccccc1)NC(=O)CN1CCOCC1)C(=O)N[C@@H](Cc1ccccc1)C(=O)N[C@H](CC(C)C)C(=O)[C@]1(C)CO1. The summed E-state index contributed by atoms with van der Waals surface area (Å²) >= 11 is 0. The number of carbonyl (C=O) groups excluding carboxylic acids is 5. The summed E-state index contributed by atoms with van der Waals surface area (Å²) in [6.45, 7) is 12.3. The molecule has 0 spiro atoms. The second-order valence-electron chi connectivity index (χ2n) is 15.0. The first kappa shape index (κ1) is 40.6. The number of rotatable bonds is 20. The van der Waals surface area contributed by atoms with Crippen molar-refractivity contribution in [2.75, 3.05) is 39.5 Å². The molecule has 2 aliphatic rings. The first-order valence-corrected chi connectivity index (χ1v) is 18.6. The van der Waals surface area contributed by atoms with E-state index in [0.29, 0.717) is 58.6 Å². The quantitative estimate of drug-likeness (QED) is 0.152. The number of ether oxygens (including phenoxy) is 2. The van der Waals surface area contributed by atoms with Gasteiger partial charge in [0.05, 0.1) is 32.4 Å². The highest BCUT2D eigenvalue weighted by molar-refractivity contribution is 5.98. The summed E-state index contributed by atoms with van der Waals surface area (Å²) < 4.78 is 10.8. The van der Waals surface area contributed by atoms with Crippen LogP contribution in [0.25, 0.3) is 0 Å². The van der Waals surface area contributed by atoms with Crippen LogP contribution < -0.4 is 21.3 Å². The molecular weight excluding hydrogens is 662 g/mol. The molecule has 2 fully saturated rings. The summed E-state index contributed by atoms with van der Waals surface area (Å²) in [4.78, 5) is 70.5. The van der Waals surface area contributed by atoms with Crippen LogP contribution in [0, 0.1) is 11.8 Å².